The van der Waals surface area contributed by atoms with E-state index >= 15 is 0 Å². The Bertz CT molecular complexity index is 1040. The van der Waals surface area contributed by atoms with Crippen LogP contribution in [0.2, 0.25) is 0 Å². The Morgan fingerprint density at radius 1 is 0.684 bits per heavy atom. The molecule has 0 saturated carbocycles. The molecule has 206 valence electrons. The first-order valence-electron chi connectivity index (χ1n) is 12.9. The molecule has 3 atom stereocenters. The first-order valence-corrected chi connectivity index (χ1v) is 12.9. The average molecular weight is 526 g/mol. The zero-order chi connectivity index (χ0) is 28.1. The average Bonchev–Trinajstić information content (AvgIpc) is 2.89. The molecular weight excluding hydrogens is 486 g/mol. The van der Waals surface area contributed by atoms with Crippen LogP contribution in [0.4, 0.5) is 4.79 Å². The van der Waals surface area contributed by atoms with E-state index in [9.17, 15) is 19.2 Å². The van der Waals surface area contributed by atoms with Gasteiger partial charge in [0.25, 0.3) is 0 Å². The predicted molar refractivity (Wildman–Crippen MR) is 144 cm³/mol. The molecule has 0 aromatic heterocycles. The van der Waals surface area contributed by atoms with Crippen molar-refractivity contribution in [3.05, 3.63) is 71.8 Å². The number of amides is 3. The number of rotatable bonds is 13. The summed E-state index contributed by atoms with van der Waals surface area (Å²) in [4.78, 5) is 51.4. The highest BCUT2D eigenvalue weighted by atomic mass is 16.5. The summed E-state index contributed by atoms with van der Waals surface area (Å²) in [5, 5.41) is 8.09. The fraction of sp³-hybridized carbons (Fsp3) is 0.448. The van der Waals surface area contributed by atoms with Crippen molar-refractivity contribution >= 4 is 23.9 Å². The normalized spacial score (nSPS) is 13.2. The van der Waals surface area contributed by atoms with Gasteiger partial charge in [-0.25, -0.2) is 9.59 Å². The SMILES string of the molecule is CCOC(=O)[C@H](Cc1ccccc1)NC(=O)[C@@H](NC(=O)[C@@H](NC(=O)OCc1ccccc1)C(C)C)C(C)C. The van der Waals surface area contributed by atoms with Crippen LogP contribution in [0.25, 0.3) is 0 Å². The Balaban J connectivity index is 2.07. The maximum absolute atomic E-state index is 13.3. The number of benzene rings is 2. The lowest BCUT2D eigenvalue weighted by atomic mass is 9.99. The van der Waals surface area contributed by atoms with Crippen LogP contribution in [-0.2, 0) is 36.9 Å². The third kappa shape index (κ3) is 9.88. The molecule has 0 aliphatic rings. The van der Waals surface area contributed by atoms with Gasteiger partial charge in [0, 0.05) is 6.42 Å². The van der Waals surface area contributed by atoms with Crippen LogP contribution in [0.15, 0.2) is 60.7 Å². The first-order chi connectivity index (χ1) is 18.1. The lowest BCUT2D eigenvalue weighted by Crippen LogP contribution is -2.58. The van der Waals surface area contributed by atoms with Crippen LogP contribution in [-0.4, -0.2) is 48.6 Å². The maximum Gasteiger partial charge on any atom is 0.408 e. The lowest BCUT2D eigenvalue weighted by Gasteiger charge is -2.28. The van der Waals surface area contributed by atoms with E-state index < -0.39 is 42.0 Å². The fourth-order valence-electron chi connectivity index (χ4n) is 3.75. The summed E-state index contributed by atoms with van der Waals surface area (Å²) in [5.41, 5.74) is 1.67. The first kappa shape index (κ1) is 30.3. The third-order valence-electron chi connectivity index (χ3n) is 5.85. The van der Waals surface area contributed by atoms with Crippen LogP contribution in [0.3, 0.4) is 0 Å². The molecule has 3 N–H and O–H groups in total. The zero-order valence-corrected chi connectivity index (χ0v) is 22.7. The molecule has 9 heteroatoms. The quantitative estimate of drug-likeness (QED) is 0.345. The van der Waals surface area contributed by atoms with Crippen LogP contribution >= 0.6 is 0 Å². The van der Waals surface area contributed by atoms with Gasteiger partial charge in [0.1, 0.15) is 24.7 Å². The number of nitrogens with one attached hydrogen (secondary N) is 3. The summed E-state index contributed by atoms with van der Waals surface area (Å²) in [5.74, 6) is -2.17. The number of hydrogen-bond donors (Lipinski definition) is 3. The standard InChI is InChI=1S/C29H39N3O6/c1-6-37-28(35)23(17-21-13-9-7-10-14-21)30-26(33)24(19(2)3)31-27(34)25(20(4)5)32-29(36)38-18-22-15-11-8-12-16-22/h7-16,19-20,23-25H,6,17-18H2,1-5H3,(H,30,33)(H,31,34)(H,32,36)/t23-,24-,25-/m0/s1. The molecule has 2 aromatic rings. The molecule has 2 aromatic carbocycles. The van der Waals surface area contributed by atoms with Crippen LogP contribution in [0, 0.1) is 11.8 Å². The summed E-state index contributed by atoms with van der Waals surface area (Å²) in [6.45, 7) is 9.06. The van der Waals surface area contributed by atoms with Gasteiger partial charge < -0.3 is 25.4 Å². The van der Waals surface area contributed by atoms with Crippen LogP contribution in [0.1, 0.15) is 45.7 Å². The number of ether oxygens (including phenoxy) is 2. The second-order valence-corrected chi connectivity index (χ2v) is 9.66. The zero-order valence-electron chi connectivity index (χ0n) is 22.7. The molecule has 0 unspecified atom stereocenters. The molecule has 2 rings (SSSR count). The summed E-state index contributed by atoms with van der Waals surface area (Å²) in [7, 11) is 0. The van der Waals surface area contributed by atoms with Crippen molar-refractivity contribution in [1.29, 1.82) is 0 Å². The van der Waals surface area contributed by atoms with Gasteiger partial charge in [0.2, 0.25) is 11.8 Å². The maximum atomic E-state index is 13.3. The van der Waals surface area contributed by atoms with E-state index in [0.717, 1.165) is 11.1 Å². The van der Waals surface area contributed by atoms with E-state index in [-0.39, 0.29) is 31.5 Å². The smallest absolute Gasteiger partial charge is 0.408 e. The third-order valence-corrected chi connectivity index (χ3v) is 5.85. The van der Waals surface area contributed by atoms with E-state index in [1.165, 1.54) is 0 Å². The van der Waals surface area contributed by atoms with Gasteiger partial charge in [-0.1, -0.05) is 88.4 Å². The van der Waals surface area contributed by atoms with Crippen molar-refractivity contribution in [3.63, 3.8) is 0 Å². The van der Waals surface area contributed by atoms with Crippen LogP contribution < -0.4 is 16.0 Å². The Labute approximate surface area is 224 Å². The Morgan fingerprint density at radius 3 is 1.71 bits per heavy atom. The monoisotopic (exact) mass is 525 g/mol. The molecule has 0 saturated heterocycles. The molecule has 3 amide bonds. The summed E-state index contributed by atoms with van der Waals surface area (Å²) >= 11 is 0. The molecule has 0 aliphatic heterocycles. The van der Waals surface area contributed by atoms with Crippen molar-refractivity contribution in [2.75, 3.05) is 6.61 Å². The van der Waals surface area contributed by atoms with E-state index in [1.807, 2.05) is 60.7 Å². The van der Waals surface area contributed by atoms with Crippen molar-refractivity contribution in [2.24, 2.45) is 11.8 Å². The second kappa shape index (κ2) is 15.4. The number of carbonyl (C=O) groups excluding carboxylic acids is 4. The highest BCUT2D eigenvalue weighted by molar-refractivity contribution is 5.93. The Kier molecular flexibility index (Phi) is 12.3. The van der Waals surface area contributed by atoms with E-state index in [2.05, 4.69) is 16.0 Å². The molecule has 0 fully saturated rings. The number of alkyl carbamates (subject to hydrolysis) is 1. The van der Waals surface area contributed by atoms with Gasteiger partial charge >= 0.3 is 12.1 Å². The molecule has 0 radical (unpaired) electrons. The van der Waals surface area contributed by atoms with Crippen molar-refractivity contribution in [3.8, 4) is 0 Å². The molecule has 9 nitrogen and oxygen atoms in total. The molecule has 0 heterocycles. The largest absolute Gasteiger partial charge is 0.464 e. The van der Waals surface area contributed by atoms with E-state index in [0.29, 0.717) is 0 Å². The van der Waals surface area contributed by atoms with Gasteiger partial charge in [-0.2, -0.15) is 0 Å². The fourth-order valence-corrected chi connectivity index (χ4v) is 3.75. The van der Waals surface area contributed by atoms with E-state index in [1.54, 1.807) is 34.6 Å². The summed E-state index contributed by atoms with van der Waals surface area (Å²) in [6.07, 6.45) is -0.494. The lowest BCUT2D eigenvalue weighted by molar-refractivity contribution is -0.147. The van der Waals surface area contributed by atoms with Crippen molar-refractivity contribution in [1.82, 2.24) is 16.0 Å². The van der Waals surface area contributed by atoms with Gasteiger partial charge in [-0.05, 0) is 29.9 Å². The number of carbonyl (C=O) groups is 4. The molecule has 0 spiro atoms. The molecule has 0 bridgehead atoms. The predicted octanol–water partition coefficient (Wildman–Crippen LogP) is 3.37. The number of esters is 1. The van der Waals surface area contributed by atoms with Gasteiger partial charge in [0.15, 0.2) is 0 Å². The molecule has 0 aliphatic carbocycles. The second-order valence-electron chi connectivity index (χ2n) is 9.66. The molecular formula is C29H39N3O6. The minimum atomic E-state index is -0.946. The van der Waals surface area contributed by atoms with Gasteiger partial charge in [-0.3, -0.25) is 9.59 Å². The minimum Gasteiger partial charge on any atom is -0.464 e. The molecule has 38 heavy (non-hydrogen) atoms. The summed E-state index contributed by atoms with van der Waals surface area (Å²) < 4.78 is 10.4. The van der Waals surface area contributed by atoms with Gasteiger partial charge in [0.05, 0.1) is 6.61 Å². The highest BCUT2D eigenvalue weighted by Crippen LogP contribution is 2.10. The summed E-state index contributed by atoms with van der Waals surface area (Å²) in [6, 6.07) is 15.7. The minimum absolute atomic E-state index is 0.0623. The van der Waals surface area contributed by atoms with Gasteiger partial charge in [-0.15, -0.1) is 0 Å². The van der Waals surface area contributed by atoms with E-state index in [4.69, 9.17) is 9.47 Å². The van der Waals surface area contributed by atoms with Crippen molar-refractivity contribution < 1.29 is 28.7 Å². The number of hydrogen-bond acceptors (Lipinski definition) is 6. The highest BCUT2D eigenvalue weighted by Gasteiger charge is 2.33. The Hall–Kier alpha value is -3.88. The van der Waals surface area contributed by atoms with Crippen LogP contribution in [0.5, 0.6) is 0 Å². The van der Waals surface area contributed by atoms with Crippen molar-refractivity contribution in [2.45, 2.75) is 65.8 Å². The Morgan fingerprint density at radius 2 is 1.18 bits per heavy atom. The topological polar surface area (TPSA) is 123 Å².